The van der Waals surface area contributed by atoms with E-state index in [0.29, 0.717) is 5.56 Å². The topological polar surface area (TPSA) is 86.7 Å². The molecule has 6 nitrogen and oxygen atoms in total. The summed E-state index contributed by atoms with van der Waals surface area (Å²) in [4.78, 5) is 10.8. The number of carboxylic acid groups (broad SMARTS) is 1. The Balaban J connectivity index is 2.57. The molecule has 1 aromatic carbocycles. The van der Waals surface area contributed by atoms with Gasteiger partial charge in [0.15, 0.2) is 0 Å². The Hall–Kier alpha value is -1.02. The van der Waals surface area contributed by atoms with Crippen LogP contribution in [0, 0.1) is 0 Å². The molecule has 0 aromatic heterocycles. The second kappa shape index (κ2) is 6.23. The van der Waals surface area contributed by atoms with Crippen LogP contribution in [0.5, 0.6) is 5.75 Å². The lowest BCUT2D eigenvalue weighted by molar-refractivity contribution is -0.312. The molecule has 0 fully saturated rings. The second-order valence-electron chi connectivity index (χ2n) is 4.71. The lowest BCUT2D eigenvalue weighted by Crippen LogP contribution is -2.38. The smallest absolute Gasteiger partial charge is 0.244 e. The average molecular weight is 367 g/mol. The van der Waals surface area contributed by atoms with E-state index in [0.717, 1.165) is 0 Å². The van der Waals surface area contributed by atoms with Crippen molar-refractivity contribution in [2.45, 2.75) is 31.3 Å². The predicted molar refractivity (Wildman–Crippen MR) is 79.7 cm³/mol. The highest BCUT2D eigenvalue weighted by Gasteiger charge is 2.33. The molecule has 1 atom stereocenters. The van der Waals surface area contributed by atoms with Gasteiger partial charge in [0.05, 0.1) is 11.0 Å². The van der Waals surface area contributed by atoms with Crippen LogP contribution in [0.4, 0.5) is 0 Å². The van der Waals surface area contributed by atoms with Crippen molar-refractivity contribution in [2.75, 3.05) is 13.1 Å². The minimum absolute atomic E-state index is 0.0185. The summed E-state index contributed by atoms with van der Waals surface area (Å²) >= 11 is 12.1. The van der Waals surface area contributed by atoms with E-state index in [1.807, 2.05) is 0 Å². The summed E-state index contributed by atoms with van der Waals surface area (Å²) in [7, 11) is -3.82. The van der Waals surface area contributed by atoms with Gasteiger partial charge in [-0.15, -0.1) is 0 Å². The number of fused-ring (bicyclic) bond motifs is 1. The highest BCUT2D eigenvalue weighted by Crippen LogP contribution is 2.44. The molecule has 9 heteroatoms. The number of hydrogen-bond donors (Lipinski definition) is 0. The third-order valence-corrected chi connectivity index (χ3v) is 6.49. The molecular formula is C13H14Cl2NO5S-. The van der Waals surface area contributed by atoms with Gasteiger partial charge in [0.1, 0.15) is 21.8 Å². The zero-order valence-corrected chi connectivity index (χ0v) is 14.3. The molecule has 1 unspecified atom stereocenters. The van der Waals surface area contributed by atoms with Crippen molar-refractivity contribution in [3.8, 4) is 5.75 Å². The third-order valence-electron chi connectivity index (χ3n) is 3.46. The van der Waals surface area contributed by atoms with Gasteiger partial charge in [-0.1, -0.05) is 37.0 Å². The minimum atomic E-state index is -3.82. The fourth-order valence-corrected chi connectivity index (χ4v) is 4.65. The van der Waals surface area contributed by atoms with Gasteiger partial charge in [0, 0.05) is 25.1 Å². The van der Waals surface area contributed by atoms with Gasteiger partial charge in [0.2, 0.25) is 10.0 Å². The molecule has 0 spiro atoms. The van der Waals surface area contributed by atoms with Gasteiger partial charge in [-0.05, 0) is 6.07 Å². The molecule has 0 N–H and O–H groups in total. The molecular weight excluding hydrogens is 353 g/mol. The lowest BCUT2D eigenvalue weighted by atomic mass is 10.1. The maximum absolute atomic E-state index is 12.6. The monoisotopic (exact) mass is 366 g/mol. The first-order chi connectivity index (χ1) is 10.2. The number of benzene rings is 1. The molecule has 0 bridgehead atoms. The van der Waals surface area contributed by atoms with E-state index < -0.39 is 22.1 Å². The van der Waals surface area contributed by atoms with E-state index in [4.69, 9.17) is 27.9 Å². The maximum atomic E-state index is 12.6. The van der Waals surface area contributed by atoms with Crippen LogP contribution in [-0.4, -0.2) is 37.9 Å². The number of rotatable bonds is 5. The van der Waals surface area contributed by atoms with Gasteiger partial charge in [-0.25, -0.2) is 8.42 Å². The quantitative estimate of drug-likeness (QED) is 0.777. The Morgan fingerprint density at radius 2 is 1.95 bits per heavy atom. The summed E-state index contributed by atoms with van der Waals surface area (Å²) in [5.74, 6) is -1.30. The van der Waals surface area contributed by atoms with Crippen LogP contribution >= 0.6 is 23.2 Å². The van der Waals surface area contributed by atoms with Crippen LogP contribution in [0.15, 0.2) is 11.0 Å². The van der Waals surface area contributed by atoms with Crippen molar-refractivity contribution in [3.63, 3.8) is 0 Å². The van der Waals surface area contributed by atoms with Crippen molar-refractivity contribution >= 4 is 39.2 Å². The van der Waals surface area contributed by atoms with E-state index in [1.54, 1.807) is 13.8 Å². The molecule has 22 heavy (non-hydrogen) atoms. The highest BCUT2D eigenvalue weighted by molar-refractivity contribution is 7.89. The number of carboxylic acids is 1. The van der Waals surface area contributed by atoms with E-state index in [-0.39, 0.29) is 40.2 Å². The van der Waals surface area contributed by atoms with Crippen molar-refractivity contribution in [2.24, 2.45) is 0 Å². The lowest BCUT2D eigenvalue weighted by Gasteiger charge is -2.20. The Labute approximate surface area is 138 Å². The van der Waals surface area contributed by atoms with Gasteiger partial charge >= 0.3 is 0 Å². The van der Waals surface area contributed by atoms with Gasteiger partial charge in [-0.2, -0.15) is 4.31 Å². The van der Waals surface area contributed by atoms with Gasteiger partial charge in [0.25, 0.3) is 0 Å². The number of carbonyl (C=O) groups excluding carboxylic acids is 1. The number of halogens is 2. The third kappa shape index (κ3) is 2.78. The molecule has 0 saturated carbocycles. The van der Waals surface area contributed by atoms with E-state index >= 15 is 0 Å². The Bertz CT molecular complexity index is 716. The first-order valence-electron chi connectivity index (χ1n) is 6.62. The van der Waals surface area contributed by atoms with E-state index in [9.17, 15) is 18.3 Å². The zero-order chi connectivity index (χ0) is 16.7. The number of ether oxygens (including phenoxy) is 1. The summed E-state index contributed by atoms with van der Waals surface area (Å²) in [6, 6.07) is 1.32. The van der Waals surface area contributed by atoms with E-state index in [2.05, 4.69) is 0 Å². The van der Waals surface area contributed by atoms with Crippen LogP contribution in [0.2, 0.25) is 10.0 Å². The first kappa shape index (κ1) is 17.3. The number of carbonyl (C=O) groups is 1. The minimum Gasteiger partial charge on any atom is -0.546 e. The van der Waals surface area contributed by atoms with Crippen molar-refractivity contribution < 1.29 is 23.1 Å². The summed E-state index contributed by atoms with van der Waals surface area (Å²) in [5, 5.41) is 10.6. The predicted octanol–water partition coefficient (Wildman–Crippen LogP) is 1.08. The summed E-state index contributed by atoms with van der Waals surface area (Å²) in [6.07, 6.45) is -1.22. The number of hydrogen-bond acceptors (Lipinski definition) is 5. The average Bonchev–Trinajstić information content (AvgIpc) is 2.88. The fraction of sp³-hybridized carbons (Fsp3) is 0.462. The van der Waals surface area contributed by atoms with Crippen molar-refractivity contribution in [1.29, 1.82) is 0 Å². The van der Waals surface area contributed by atoms with Crippen molar-refractivity contribution in [3.05, 3.63) is 21.7 Å². The SMILES string of the molecule is CCN(CC)S(=O)(=O)c1cc2c(c(Cl)c1Cl)OC(C(=O)[O-])C2. The van der Waals surface area contributed by atoms with Crippen LogP contribution in [0.25, 0.3) is 0 Å². The summed E-state index contributed by atoms with van der Waals surface area (Å²) in [5.41, 5.74) is 0.384. The van der Waals surface area contributed by atoms with E-state index in [1.165, 1.54) is 10.4 Å². The molecule has 122 valence electrons. The Morgan fingerprint density at radius 3 is 2.45 bits per heavy atom. The summed E-state index contributed by atoms with van der Waals surface area (Å²) in [6.45, 7) is 3.97. The van der Waals surface area contributed by atoms with Crippen LogP contribution in [0.3, 0.4) is 0 Å². The molecule has 0 radical (unpaired) electrons. The second-order valence-corrected chi connectivity index (χ2v) is 7.37. The molecule has 1 aliphatic rings. The largest absolute Gasteiger partial charge is 0.546 e. The molecule has 1 aromatic rings. The molecule has 2 rings (SSSR count). The maximum Gasteiger partial charge on any atom is 0.244 e. The fourth-order valence-electron chi connectivity index (χ4n) is 2.32. The van der Waals surface area contributed by atoms with Crippen LogP contribution in [-0.2, 0) is 21.2 Å². The highest BCUT2D eigenvalue weighted by atomic mass is 35.5. The normalized spacial score (nSPS) is 17.4. The summed E-state index contributed by atoms with van der Waals surface area (Å²) < 4.78 is 31.6. The molecule has 0 saturated heterocycles. The number of nitrogens with zero attached hydrogens (tertiary/aromatic N) is 1. The number of aliphatic carboxylic acids is 1. The van der Waals surface area contributed by atoms with Crippen molar-refractivity contribution in [1.82, 2.24) is 4.31 Å². The first-order valence-corrected chi connectivity index (χ1v) is 8.82. The standard InChI is InChI=1S/C13H15Cl2NO5S/c1-3-16(4-2)22(19,20)9-6-7-5-8(13(17)18)21-12(7)11(15)10(9)14/h6,8H,3-5H2,1-2H3,(H,17,18)/p-1. The molecule has 0 aliphatic carbocycles. The zero-order valence-electron chi connectivity index (χ0n) is 11.9. The molecule has 1 aliphatic heterocycles. The Morgan fingerprint density at radius 1 is 1.36 bits per heavy atom. The molecule has 0 amide bonds. The van der Waals surface area contributed by atoms with Gasteiger partial charge in [-0.3, -0.25) is 0 Å². The van der Waals surface area contributed by atoms with Crippen LogP contribution in [0.1, 0.15) is 19.4 Å². The molecule has 1 heterocycles. The number of sulfonamides is 1. The van der Waals surface area contributed by atoms with Crippen LogP contribution < -0.4 is 9.84 Å². The Kier molecular flexibility index (Phi) is 4.91. The van der Waals surface area contributed by atoms with Gasteiger partial charge < -0.3 is 14.6 Å².